The maximum atomic E-state index is 14.4. The second-order valence-electron chi connectivity index (χ2n) is 6.93. The van der Waals surface area contributed by atoms with Crippen LogP contribution in [0.2, 0.25) is 5.02 Å². The summed E-state index contributed by atoms with van der Waals surface area (Å²) in [5.74, 6) is -2.44. The van der Waals surface area contributed by atoms with E-state index in [9.17, 15) is 22.0 Å². The van der Waals surface area contributed by atoms with Gasteiger partial charge in [-0.2, -0.15) is 12.8 Å². The standard InChI is InChI=1S/C21H16ClF2N3O3S/c1-12-5-8-19(17(24)9-12)31(29,30)27-18-10-14(7-6-13(18)11-25-27)26-21(28)20-15(22)3-2-4-16(20)23/h2-10,25H,11H2,1H3,(H,26,28). The van der Waals surface area contributed by atoms with E-state index in [1.807, 2.05) is 0 Å². The van der Waals surface area contributed by atoms with Gasteiger partial charge in [0.15, 0.2) is 0 Å². The van der Waals surface area contributed by atoms with Crippen molar-refractivity contribution in [2.75, 3.05) is 9.73 Å². The Morgan fingerprint density at radius 3 is 2.58 bits per heavy atom. The van der Waals surface area contributed by atoms with Crippen LogP contribution in [0.25, 0.3) is 0 Å². The number of halogens is 3. The number of amides is 1. The first-order valence-electron chi connectivity index (χ1n) is 9.12. The lowest BCUT2D eigenvalue weighted by molar-refractivity contribution is 0.102. The topological polar surface area (TPSA) is 78.5 Å². The van der Waals surface area contributed by atoms with Gasteiger partial charge in [0.25, 0.3) is 15.9 Å². The van der Waals surface area contributed by atoms with Crippen molar-refractivity contribution in [2.45, 2.75) is 18.4 Å². The van der Waals surface area contributed by atoms with Crippen molar-refractivity contribution in [3.8, 4) is 0 Å². The van der Waals surface area contributed by atoms with Gasteiger partial charge >= 0.3 is 0 Å². The molecule has 1 amide bonds. The molecule has 6 nitrogen and oxygen atoms in total. The number of carbonyl (C=O) groups is 1. The monoisotopic (exact) mass is 463 g/mol. The summed E-state index contributed by atoms with van der Waals surface area (Å²) in [5.41, 5.74) is 4.04. The number of rotatable bonds is 4. The Bertz CT molecular complexity index is 1290. The summed E-state index contributed by atoms with van der Waals surface area (Å²) in [6, 6.07) is 12.3. The van der Waals surface area contributed by atoms with E-state index in [0.717, 1.165) is 16.5 Å². The summed E-state index contributed by atoms with van der Waals surface area (Å²) < 4.78 is 55.3. The van der Waals surface area contributed by atoms with Crippen LogP contribution in [0.4, 0.5) is 20.2 Å². The van der Waals surface area contributed by atoms with E-state index in [4.69, 9.17) is 11.6 Å². The van der Waals surface area contributed by atoms with Crippen molar-refractivity contribution in [1.29, 1.82) is 0 Å². The van der Waals surface area contributed by atoms with Crippen LogP contribution in [0.5, 0.6) is 0 Å². The van der Waals surface area contributed by atoms with Crippen LogP contribution in [-0.2, 0) is 16.6 Å². The molecule has 10 heteroatoms. The minimum Gasteiger partial charge on any atom is -0.322 e. The van der Waals surface area contributed by atoms with E-state index in [1.54, 1.807) is 19.1 Å². The quantitative estimate of drug-likeness (QED) is 0.601. The summed E-state index contributed by atoms with van der Waals surface area (Å²) in [7, 11) is -4.26. The Kier molecular flexibility index (Phi) is 5.42. The van der Waals surface area contributed by atoms with E-state index in [1.165, 1.54) is 30.3 Å². The molecule has 1 aliphatic rings. The van der Waals surface area contributed by atoms with Gasteiger partial charge in [-0.1, -0.05) is 29.8 Å². The fraction of sp³-hybridized carbons (Fsp3) is 0.0952. The highest BCUT2D eigenvalue weighted by Crippen LogP contribution is 2.34. The van der Waals surface area contributed by atoms with Crippen molar-refractivity contribution in [1.82, 2.24) is 5.43 Å². The van der Waals surface area contributed by atoms with Crippen LogP contribution in [0.1, 0.15) is 21.5 Å². The molecule has 0 aliphatic carbocycles. The number of anilines is 2. The molecule has 0 unspecified atom stereocenters. The Balaban J connectivity index is 1.67. The molecule has 4 rings (SSSR count). The summed E-state index contributed by atoms with van der Waals surface area (Å²) in [6.07, 6.45) is 0. The molecule has 0 saturated carbocycles. The zero-order valence-electron chi connectivity index (χ0n) is 16.1. The van der Waals surface area contributed by atoms with Gasteiger partial charge < -0.3 is 5.32 Å². The van der Waals surface area contributed by atoms with Gasteiger partial charge in [0, 0.05) is 12.2 Å². The van der Waals surface area contributed by atoms with Crippen LogP contribution in [0.3, 0.4) is 0 Å². The molecule has 3 aromatic carbocycles. The summed E-state index contributed by atoms with van der Waals surface area (Å²) in [5, 5.41) is 2.46. The van der Waals surface area contributed by atoms with Gasteiger partial charge in [0.1, 0.15) is 16.5 Å². The Labute approximate surface area is 182 Å². The molecule has 0 spiro atoms. The SMILES string of the molecule is Cc1ccc(S(=O)(=O)N2NCc3ccc(NC(=O)c4c(F)cccc4Cl)cc32)c(F)c1. The number of carbonyl (C=O) groups excluding carboxylic acids is 1. The number of nitrogens with one attached hydrogen (secondary N) is 2. The molecule has 160 valence electrons. The fourth-order valence-electron chi connectivity index (χ4n) is 3.26. The van der Waals surface area contributed by atoms with E-state index < -0.39 is 32.5 Å². The highest BCUT2D eigenvalue weighted by Gasteiger charge is 2.33. The van der Waals surface area contributed by atoms with Crippen LogP contribution in [-0.4, -0.2) is 14.3 Å². The molecule has 2 N–H and O–H groups in total. The Morgan fingerprint density at radius 1 is 1.10 bits per heavy atom. The number of benzene rings is 3. The lowest BCUT2D eigenvalue weighted by atomic mass is 10.1. The molecule has 0 bridgehead atoms. The minimum absolute atomic E-state index is 0.0561. The largest absolute Gasteiger partial charge is 0.322 e. The molecule has 1 aliphatic heterocycles. The van der Waals surface area contributed by atoms with Crippen LogP contribution >= 0.6 is 11.6 Å². The normalized spacial score (nSPS) is 13.2. The first kappa shape index (κ1) is 21.2. The second kappa shape index (κ2) is 7.92. The van der Waals surface area contributed by atoms with Crippen molar-refractivity contribution in [2.24, 2.45) is 0 Å². The maximum Gasteiger partial charge on any atom is 0.280 e. The van der Waals surface area contributed by atoms with Crippen LogP contribution < -0.4 is 15.2 Å². The number of hydrogen-bond acceptors (Lipinski definition) is 4. The Hall–Kier alpha value is -3.01. The van der Waals surface area contributed by atoms with Crippen LogP contribution in [0, 0.1) is 18.6 Å². The van der Waals surface area contributed by atoms with Crippen molar-refractivity contribution in [3.63, 3.8) is 0 Å². The number of sulfonamides is 1. The van der Waals surface area contributed by atoms with Crippen molar-refractivity contribution >= 4 is 38.9 Å². The van der Waals surface area contributed by atoms with Gasteiger partial charge in [-0.3, -0.25) is 4.79 Å². The predicted octanol–water partition coefficient (Wildman–Crippen LogP) is 4.39. The summed E-state index contributed by atoms with van der Waals surface area (Å²) in [4.78, 5) is 12.0. The molecule has 3 aromatic rings. The van der Waals surface area contributed by atoms with Gasteiger partial charge in [-0.05, 0) is 54.4 Å². The Morgan fingerprint density at radius 2 is 1.87 bits per heavy atom. The van der Waals surface area contributed by atoms with E-state index in [-0.39, 0.29) is 28.5 Å². The zero-order chi connectivity index (χ0) is 22.3. The zero-order valence-corrected chi connectivity index (χ0v) is 17.7. The first-order valence-corrected chi connectivity index (χ1v) is 10.9. The number of nitrogens with zero attached hydrogens (tertiary/aromatic N) is 1. The molecule has 0 radical (unpaired) electrons. The third-order valence-electron chi connectivity index (χ3n) is 4.77. The van der Waals surface area contributed by atoms with Gasteiger partial charge in [-0.25, -0.2) is 14.2 Å². The van der Waals surface area contributed by atoms with E-state index >= 15 is 0 Å². The number of hydrogen-bond donors (Lipinski definition) is 2. The van der Waals surface area contributed by atoms with E-state index in [0.29, 0.717) is 11.1 Å². The lowest BCUT2D eigenvalue weighted by Crippen LogP contribution is -2.38. The molecular weight excluding hydrogens is 448 g/mol. The van der Waals surface area contributed by atoms with Crippen molar-refractivity contribution in [3.05, 3.63) is 87.9 Å². The summed E-state index contributed by atoms with van der Waals surface area (Å²) in [6.45, 7) is 1.84. The smallest absolute Gasteiger partial charge is 0.280 e. The molecular formula is C21H16ClF2N3O3S. The number of aryl methyl sites for hydroxylation is 1. The maximum absolute atomic E-state index is 14.4. The second-order valence-corrected chi connectivity index (χ2v) is 9.09. The highest BCUT2D eigenvalue weighted by atomic mass is 35.5. The molecule has 0 saturated heterocycles. The molecule has 0 aromatic heterocycles. The van der Waals surface area contributed by atoms with Crippen LogP contribution in [0.15, 0.2) is 59.5 Å². The van der Waals surface area contributed by atoms with Gasteiger partial charge in [0.2, 0.25) is 0 Å². The molecule has 1 heterocycles. The highest BCUT2D eigenvalue weighted by molar-refractivity contribution is 7.92. The lowest BCUT2D eigenvalue weighted by Gasteiger charge is -2.20. The first-order chi connectivity index (χ1) is 14.7. The molecule has 0 atom stereocenters. The average molecular weight is 464 g/mol. The third kappa shape index (κ3) is 3.87. The van der Waals surface area contributed by atoms with Gasteiger partial charge in [-0.15, -0.1) is 0 Å². The summed E-state index contributed by atoms with van der Waals surface area (Å²) >= 11 is 5.93. The van der Waals surface area contributed by atoms with E-state index in [2.05, 4.69) is 10.7 Å². The predicted molar refractivity (Wildman–Crippen MR) is 113 cm³/mol. The number of fused-ring (bicyclic) bond motifs is 1. The number of hydrazine groups is 1. The fourth-order valence-corrected chi connectivity index (χ4v) is 4.91. The molecule has 0 fully saturated rings. The molecule has 31 heavy (non-hydrogen) atoms. The van der Waals surface area contributed by atoms with Crippen molar-refractivity contribution < 1.29 is 22.0 Å². The van der Waals surface area contributed by atoms with Gasteiger partial charge in [0.05, 0.1) is 16.3 Å². The third-order valence-corrected chi connectivity index (χ3v) is 6.78. The average Bonchev–Trinajstić information content (AvgIpc) is 3.11. The minimum atomic E-state index is -4.26.